The summed E-state index contributed by atoms with van der Waals surface area (Å²) in [5.74, 6) is -0.0234. The van der Waals surface area contributed by atoms with Gasteiger partial charge < -0.3 is 0 Å². The third-order valence-corrected chi connectivity index (χ3v) is 4.28. The molecule has 0 spiro atoms. The summed E-state index contributed by atoms with van der Waals surface area (Å²) >= 11 is 7.22. The molecular weight excluding hydrogens is 302 g/mol. The van der Waals surface area contributed by atoms with Gasteiger partial charge in [0, 0.05) is 16.1 Å². The van der Waals surface area contributed by atoms with E-state index in [4.69, 9.17) is 11.6 Å². The van der Waals surface area contributed by atoms with E-state index in [2.05, 4.69) is 4.98 Å². The van der Waals surface area contributed by atoms with Crippen LogP contribution in [-0.2, 0) is 0 Å². The summed E-state index contributed by atoms with van der Waals surface area (Å²) in [7, 11) is 0. The first-order valence-electron chi connectivity index (χ1n) is 6.46. The van der Waals surface area contributed by atoms with E-state index in [0.717, 1.165) is 11.3 Å². The maximum absolute atomic E-state index is 12.6. The van der Waals surface area contributed by atoms with Gasteiger partial charge in [-0.1, -0.05) is 41.4 Å². The Morgan fingerprint density at radius 3 is 2.38 bits per heavy atom. The number of aryl methyl sites for hydroxylation is 1. The first-order valence-corrected chi connectivity index (χ1v) is 7.72. The van der Waals surface area contributed by atoms with Crippen LogP contribution in [0, 0.1) is 6.92 Å². The number of rotatable bonds is 3. The number of thiazole rings is 1. The van der Waals surface area contributed by atoms with Gasteiger partial charge in [-0.25, -0.2) is 4.98 Å². The molecule has 104 valence electrons. The van der Waals surface area contributed by atoms with Crippen LogP contribution in [0.5, 0.6) is 0 Å². The van der Waals surface area contributed by atoms with Crippen molar-refractivity contribution in [2.24, 2.45) is 0 Å². The van der Waals surface area contributed by atoms with Crippen molar-refractivity contribution in [1.82, 2.24) is 4.98 Å². The largest absolute Gasteiger partial charge is 0.288 e. The molecule has 0 bridgehead atoms. The highest BCUT2D eigenvalue weighted by molar-refractivity contribution is 7.12. The predicted octanol–water partition coefficient (Wildman–Crippen LogP) is 5.00. The van der Waals surface area contributed by atoms with Crippen molar-refractivity contribution in [2.75, 3.05) is 0 Å². The molecule has 2 nitrogen and oxygen atoms in total. The minimum Gasteiger partial charge on any atom is -0.288 e. The van der Waals surface area contributed by atoms with E-state index < -0.39 is 0 Å². The van der Waals surface area contributed by atoms with E-state index in [-0.39, 0.29) is 5.78 Å². The van der Waals surface area contributed by atoms with E-state index >= 15 is 0 Å². The SMILES string of the molecule is Cc1ccc(-c2ncsc2C(=O)c2ccc(Cl)cc2)cc1. The van der Waals surface area contributed by atoms with Crippen LogP contribution < -0.4 is 0 Å². The van der Waals surface area contributed by atoms with Gasteiger partial charge in [-0.2, -0.15) is 0 Å². The fraction of sp³-hybridized carbons (Fsp3) is 0.0588. The number of hydrogen-bond donors (Lipinski definition) is 0. The van der Waals surface area contributed by atoms with Gasteiger partial charge in [0.2, 0.25) is 5.78 Å². The molecule has 2 aromatic carbocycles. The number of aromatic nitrogens is 1. The van der Waals surface area contributed by atoms with Gasteiger partial charge in [-0.15, -0.1) is 11.3 Å². The highest BCUT2D eigenvalue weighted by Crippen LogP contribution is 2.28. The summed E-state index contributed by atoms with van der Waals surface area (Å²) < 4.78 is 0. The van der Waals surface area contributed by atoms with Gasteiger partial charge in [0.1, 0.15) is 4.88 Å². The quantitative estimate of drug-likeness (QED) is 0.637. The maximum Gasteiger partial charge on any atom is 0.205 e. The summed E-state index contributed by atoms with van der Waals surface area (Å²) in [5, 5.41) is 0.620. The van der Waals surface area contributed by atoms with Crippen LogP contribution in [0.2, 0.25) is 5.02 Å². The average Bonchev–Trinajstić information content (AvgIpc) is 2.97. The first kappa shape index (κ1) is 14.0. The fourth-order valence-electron chi connectivity index (χ4n) is 2.06. The smallest absolute Gasteiger partial charge is 0.205 e. The van der Waals surface area contributed by atoms with Gasteiger partial charge in [-0.05, 0) is 31.2 Å². The summed E-state index contributed by atoms with van der Waals surface area (Å²) in [6.07, 6.45) is 0. The molecule has 4 heteroatoms. The molecular formula is C17H12ClNOS. The molecule has 0 saturated carbocycles. The Balaban J connectivity index is 2.00. The second-order valence-electron chi connectivity index (χ2n) is 4.73. The monoisotopic (exact) mass is 313 g/mol. The molecule has 3 aromatic rings. The van der Waals surface area contributed by atoms with Crippen LogP contribution in [0.15, 0.2) is 54.0 Å². The average molecular weight is 314 g/mol. The lowest BCUT2D eigenvalue weighted by Crippen LogP contribution is -2.00. The number of carbonyl (C=O) groups is 1. The molecule has 0 aliphatic rings. The highest BCUT2D eigenvalue weighted by Gasteiger charge is 2.17. The molecule has 0 radical (unpaired) electrons. The lowest BCUT2D eigenvalue weighted by atomic mass is 10.0. The molecule has 0 fully saturated rings. The molecule has 0 N–H and O–H groups in total. The summed E-state index contributed by atoms with van der Waals surface area (Å²) in [4.78, 5) is 17.6. The Bertz CT molecular complexity index is 775. The number of benzene rings is 2. The third-order valence-electron chi connectivity index (χ3n) is 3.21. The molecule has 3 rings (SSSR count). The lowest BCUT2D eigenvalue weighted by molar-refractivity contribution is 0.104. The highest BCUT2D eigenvalue weighted by atomic mass is 35.5. The van der Waals surface area contributed by atoms with Crippen LogP contribution >= 0.6 is 22.9 Å². The summed E-state index contributed by atoms with van der Waals surface area (Å²) in [6.45, 7) is 2.03. The Hall–Kier alpha value is -1.97. The van der Waals surface area contributed by atoms with Gasteiger partial charge in [-0.3, -0.25) is 4.79 Å². The van der Waals surface area contributed by atoms with Crippen molar-refractivity contribution < 1.29 is 4.79 Å². The van der Waals surface area contributed by atoms with Crippen LogP contribution in [-0.4, -0.2) is 10.8 Å². The van der Waals surface area contributed by atoms with Crippen molar-refractivity contribution in [2.45, 2.75) is 6.92 Å². The second-order valence-corrected chi connectivity index (χ2v) is 6.02. The maximum atomic E-state index is 12.6. The van der Waals surface area contributed by atoms with E-state index in [9.17, 15) is 4.79 Å². The number of ketones is 1. The lowest BCUT2D eigenvalue weighted by Gasteiger charge is -2.03. The van der Waals surface area contributed by atoms with E-state index in [1.165, 1.54) is 16.9 Å². The molecule has 21 heavy (non-hydrogen) atoms. The number of halogens is 1. The molecule has 0 aliphatic carbocycles. The molecule has 0 amide bonds. The molecule has 1 aromatic heterocycles. The van der Waals surface area contributed by atoms with E-state index in [1.54, 1.807) is 29.8 Å². The number of hydrogen-bond acceptors (Lipinski definition) is 3. The van der Waals surface area contributed by atoms with Crippen molar-refractivity contribution in [3.63, 3.8) is 0 Å². The van der Waals surface area contributed by atoms with Crippen LogP contribution in [0.25, 0.3) is 11.3 Å². The van der Waals surface area contributed by atoms with E-state index in [1.807, 2.05) is 31.2 Å². The molecule has 0 aliphatic heterocycles. The minimum atomic E-state index is -0.0234. The molecule has 1 heterocycles. The van der Waals surface area contributed by atoms with Crippen LogP contribution in [0.3, 0.4) is 0 Å². The Labute approximate surface area is 132 Å². The zero-order valence-electron chi connectivity index (χ0n) is 11.3. The zero-order valence-corrected chi connectivity index (χ0v) is 12.9. The molecule has 0 atom stereocenters. The summed E-state index contributed by atoms with van der Waals surface area (Å²) in [5.41, 5.74) is 5.20. The Morgan fingerprint density at radius 1 is 1.05 bits per heavy atom. The van der Waals surface area contributed by atoms with Crippen molar-refractivity contribution in [3.05, 3.63) is 75.1 Å². The fourth-order valence-corrected chi connectivity index (χ4v) is 2.95. The van der Waals surface area contributed by atoms with Crippen molar-refractivity contribution >= 4 is 28.7 Å². The number of carbonyl (C=O) groups excluding carboxylic acids is 1. The van der Waals surface area contributed by atoms with Gasteiger partial charge in [0.25, 0.3) is 0 Å². The first-order chi connectivity index (χ1) is 10.1. The predicted molar refractivity (Wildman–Crippen MR) is 87.2 cm³/mol. The van der Waals surface area contributed by atoms with Gasteiger partial charge in [0.05, 0.1) is 11.2 Å². The molecule has 0 unspecified atom stereocenters. The normalized spacial score (nSPS) is 10.6. The Morgan fingerprint density at radius 2 is 1.71 bits per heavy atom. The van der Waals surface area contributed by atoms with Crippen LogP contribution in [0.4, 0.5) is 0 Å². The van der Waals surface area contributed by atoms with Crippen molar-refractivity contribution in [1.29, 1.82) is 0 Å². The Kier molecular flexibility index (Phi) is 3.86. The van der Waals surface area contributed by atoms with Crippen molar-refractivity contribution in [3.8, 4) is 11.3 Å². The minimum absolute atomic E-state index is 0.0234. The van der Waals surface area contributed by atoms with Gasteiger partial charge >= 0.3 is 0 Å². The standard InChI is InChI=1S/C17H12ClNOS/c1-11-2-4-12(5-3-11)15-17(21-10-19-15)16(20)13-6-8-14(18)9-7-13/h2-10H,1H3. The number of nitrogens with zero attached hydrogens (tertiary/aromatic N) is 1. The third kappa shape index (κ3) is 2.89. The van der Waals surface area contributed by atoms with Gasteiger partial charge in [0.15, 0.2) is 0 Å². The second kappa shape index (κ2) is 5.80. The summed E-state index contributed by atoms with van der Waals surface area (Å²) in [6, 6.07) is 14.9. The topological polar surface area (TPSA) is 30.0 Å². The van der Waals surface area contributed by atoms with E-state index in [0.29, 0.717) is 15.5 Å². The van der Waals surface area contributed by atoms with Crippen LogP contribution in [0.1, 0.15) is 20.8 Å². The molecule has 0 saturated heterocycles. The zero-order chi connectivity index (χ0) is 14.8.